The van der Waals surface area contributed by atoms with E-state index in [1.807, 2.05) is 13.8 Å². The third-order valence-corrected chi connectivity index (χ3v) is 3.19. The minimum absolute atomic E-state index is 0.00940. The molecule has 0 spiro atoms. The molecule has 1 aromatic heterocycles. The van der Waals surface area contributed by atoms with Crippen LogP contribution < -0.4 is 5.32 Å². The van der Waals surface area contributed by atoms with E-state index in [9.17, 15) is 9.59 Å². The van der Waals surface area contributed by atoms with Crippen molar-refractivity contribution >= 4 is 17.4 Å². The third kappa shape index (κ3) is 3.18. The van der Waals surface area contributed by atoms with Crippen LogP contribution in [0, 0.1) is 6.92 Å². The van der Waals surface area contributed by atoms with Gasteiger partial charge >= 0.3 is 0 Å². The van der Waals surface area contributed by atoms with Crippen molar-refractivity contribution in [1.29, 1.82) is 0 Å². The van der Waals surface area contributed by atoms with Crippen LogP contribution in [0.2, 0.25) is 0 Å². The molecule has 0 atom stereocenters. The molecule has 0 fully saturated rings. The number of carbonyl (C=O) groups excluding carboxylic acids is 2. The second-order valence-electron chi connectivity index (χ2n) is 5.25. The maximum Gasteiger partial charge on any atom is 0.261 e. The van der Waals surface area contributed by atoms with Crippen LogP contribution >= 0.6 is 0 Å². The summed E-state index contributed by atoms with van der Waals surface area (Å²) in [6, 6.07) is 6.77. The van der Waals surface area contributed by atoms with Gasteiger partial charge in [-0.1, -0.05) is 19.0 Å². The van der Waals surface area contributed by atoms with Crippen molar-refractivity contribution < 1.29 is 14.1 Å². The molecule has 0 saturated heterocycles. The van der Waals surface area contributed by atoms with E-state index < -0.39 is 0 Å². The van der Waals surface area contributed by atoms with E-state index in [-0.39, 0.29) is 17.6 Å². The summed E-state index contributed by atoms with van der Waals surface area (Å²) in [5, 5.41) is 6.65. The highest BCUT2D eigenvalue weighted by molar-refractivity contribution is 6.06. The van der Waals surface area contributed by atoms with Gasteiger partial charge in [0.15, 0.2) is 11.5 Å². The van der Waals surface area contributed by atoms with E-state index in [0.29, 0.717) is 28.3 Å². The summed E-state index contributed by atoms with van der Waals surface area (Å²) in [6.07, 6.45) is 0. The summed E-state index contributed by atoms with van der Waals surface area (Å²) >= 11 is 0. The van der Waals surface area contributed by atoms with Crippen LogP contribution in [0.3, 0.4) is 0 Å². The summed E-state index contributed by atoms with van der Waals surface area (Å²) in [6.45, 7) is 7.13. The molecule has 0 saturated carbocycles. The standard InChI is InChI=1S/C16H18N2O3/c1-9(2)15-14(10(3)18-21-15)16(20)17-13-7-5-12(6-8-13)11(4)19/h5-9H,1-4H3,(H,17,20). The largest absolute Gasteiger partial charge is 0.360 e. The highest BCUT2D eigenvalue weighted by atomic mass is 16.5. The molecule has 0 radical (unpaired) electrons. The fraction of sp³-hybridized carbons (Fsp3) is 0.312. The number of nitrogens with one attached hydrogen (secondary N) is 1. The smallest absolute Gasteiger partial charge is 0.261 e. The first kappa shape index (κ1) is 15.0. The van der Waals surface area contributed by atoms with Crippen molar-refractivity contribution in [3.63, 3.8) is 0 Å². The van der Waals surface area contributed by atoms with E-state index >= 15 is 0 Å². The normalized spacial score (nSPS) is 10.7. The Hall–Kier alpha value is -2.43. The lowest BCUT2D eigenvalue weighted by Gasteiger charge is -2.07. The van der Waals surface area contributed by atoms with Gasteiger partial charge in [-0.2, -0.15) is 0 Å². The Morgan fingerprint density at radius 1 is 1.19 bits per heavy atom. The number of hydrogen-bond acceptors (Lipinski definition) is 4. The summed E-state index contributed by atoms with van der Waals surface area (Å²) in [5.41, 5.74) is 2.27. The molecular formula is C16H18N2O3. The van der Waals surface area contributed by atoms with Crippen LogP contribution in [0.4, 0.5) is 5.69 Å². The number of aromatic nitrogens is 1. The van der Waals surface area contributed by atoms with Crippen molar-refractivity contribution in [2.45, 2.75) is 33.6 Å². The molecule has 5 nitrogen and oxygen atoms in total. The van der Waals surface area contributed by atoms with Crippen molar-refractivity contribution in [2.24, 2.45) is 0 Å². The summed E-state index contributed by atoms with van der Waals surface area (Å²) in [7, 11) is 0. The second kappa shape index (κ2) is 5.91. The SMILES string of the molecule is CC(=O)c1ccc(NC(=O)c2c(C)noc2C(C)C)cc1. The highest BCUT2D eigenvalue weighted by Gasteiger charge is 2.22. The van der Waals surface area contributed by atoms with Crippen LogP contribution in [-0.2, 0) is 0 Å². The number of aryl methyl sites for hydroxylation is 1. The number of benzene rings is 1. The number of ketones is 1. The molecule has 2 rings (SSSR count). The van der Waals surface area contributed by atoms with E-state index in [2.05, 4.69) is 10.5 Å². The van der Waals surface area contributed by atoms with Gasteiger partial charge < -0.3 is 9.84 Å². The maximum atomic E-state index is 12.4. The van der Waals surface area contributed by atoms with Gasteiger partial charge in [0, 0.05) is 17.2 Å². The Bertz CT molecular complexity index is 669. The first-order valence-electron chi connectivity index (χ1n) is 6.78. The molecule has 0 aliphatic rings. The number of rotatable bonds is 4. The molecule has 21 heavy (non-hydrogen) atoms. The lowest BCUT2D eigenvalue weighted by molar-refractivity contribution is 0.101. The molecule has 0 aliphatic heterocycles. The van der Waals surface area contributed by atoms with Gasteiger partial charge in [0.1, 0.15) is 5.56 Å². The summed E-state index contributed by atoms with van der Waals surface area (Å²) in [4.78, 5) is 23.6. The zero-order chi connectivity index (χ0) is 15.6. The number of hydrogen-bond donors (Lipinski definition) is 1. The van der Waals surface area contributed by atoms with Gasteiger partial charge in [0.05, 0.1) is 5.69 Å². The zero-order valence-corrected chi connectivity index (χ0v) is 12.6. The van der Waals surface area contributed by atoms with Gasteiger partial charge in [-0.3, -0.25) is 9.59 Å². The van der Waals surface area contributed by atoms with Gasteiger partial charge in [-0.05, 0) is 38.1 Å². The van der Waals surface area contributed by atoms with E-state index in [0.717, 1.165) is 0 Å². The second-order valence-corrected chi connectivity index (χ2v) is 5.25. The predicted octanol–water partition coefficient (Wildman–Crippen LogP) is 3.56. The lowest BCUT2D eigenvalue weighted by Crippen LogP contribution is -2.14. The number of anilines is 1. The first-order valence-corrected chi connectivity index (χ1v) is 6.78. The highest BCUT2D eigenvalue weighted by Crippen LogP contribution is 2.23. The van der Waals surface area contributed by atoms with Crippen molar-refractivity contribution in [1.82, 2.24) is 5.16 Å². The molecule has 110 valence electrons. The molecule has 0 bridgehead atoms. The Morgan fingerprint density at radius 3 is 2.33 bits per heavy atom. The molecule has 1 heterocycles. The fourth-order valence-electron chi connectivity index (χ4n) is 2.04. The van der Waals surface area contributed by atoms with Crippen LogP contribution in [-0.4, -0.2) is 16.8 Å². The van der Waals surface area contributed by atoms with Gasteiger partial charge in [0.25, 0.3) is 5.91 Å². The van der Waals surface area contributed by atoms with E-state index in [1.54, 1.807) is 31.2 Å². The maximum absolute atomic E-state index is 12.4. The Morgan fingerprint density at radius 2 is 1.81 bits per heavy atom. The summed E-state index contributed by atoms with van der Waals surface area (Å²) in [5.74, 6) is 0.385. The van der Waals surface area contributed by atoms with Crippen molar-refractivity contribution in [2.75, 3.05) is 5.32 Å². The number of Topliss-reactive ketones (excluding diaryl/α,β-unsaturated/α-hetero) is 1. The number of nitrogens with zero attached hydrogens (tertiary/aromatic N) is 1. The molecule has 1 N–H and O–H groups in total. The average molecular weight is 286 g/mol. The molecule has 0 unspecified atom stereocenters. The lowest BCUT2D eigenvalue weighted by atomic mass is 10.0. The molecule has 5 heteroatoms. The molecule has 0 aliphatic carbocycles. The molecular weight excluding hydrogens is 268 g/mol. The zero-order valence-electron chi connectivity index (χ0n) is 12.6. The van der Waals surface area contributed by atoms with Crippen LogP contribution in [0.5, 0.6) is 0 Å². The van der Waals surface area contributed by atoms with Gasteiger partial charge in [-0.15, -0.1) is 0 Å². The predicted molar refractivity (Wildman–Crippen MR) is 79.7 cm³/mol. The number of carbonyl (C=O) groups is 2. The number of amides is 1. The fourth-order valence-corrected chi connectivity index (χ4v) is 2.04. The minimum atomic E-state index is -0.256. The van der Waals surface area contributed by atoms with Crippen LogP contribution in [0.25, 0.3) is 0 Å². The average Bonchev–Trinajstić information content (AvgIpc) is 2.81. The van der Waals surface area contributed by atoms with Crippen LogP contribution in [0.15, 0.2) is 28.8 Å². The molecule has 1 amide bonds. The topological polar surface area (TPSA) is 72.2 Å². The quantitative estimate of drug-likeness (QED) is 0.872. The Balaban J connectivity index is 2.22. The van der Waals surface area contributed by atoms with Crippen molar-refractivity contribution in [3.05, 3.63) is 46.8 Å². The first-order chi connectivity index (χ1) is 9.90. The molecule has 2 aromatic rings. The Labute approximate surface area is 123 Å². The van der Waals surface area contributed by atoms with Crippen molar-refractivity contribution in [3.8, 4) is 0 Å². The van der Waals surface area contributed by atoms with Gasteiger partial charge in [-0.25, -0.2) is 0 Å². The van der Waals surface area contributed by atoms with E-state index in [1.165, 1.54) is 6.92 Å². The summed E-state index contributed by atoms with van der Waals surface area (Å²) < 4.78 is 5.21. The third-order valence-electron chi connectivity index (χ3n) is 3.19. The Kier molecular flexibility index (Phi) is 4.21. The monoisotopic (exact) mass is 286 g/mol. The van der Waals surface area contributed by atoms with Crippen LogP contribution in [0.1, 0.15) is 58.9 Å². The van der Waals surface area contributed by atoms with E-state index in [4.69, 9.17) is 4.52 Å². The minimum Gasteiger partial charge on any atom is -0.360 e. The molecule has 1 aromatic carbocycles. The van der Waals surface area contributed by atoms with Gasteiger partial charge in [0.2, 0.25) is 0 Å².